The first-order valence-corrected chi connectivity index (χ1v) is 5.55. The average Bonchev–Trinajstić information content (AvgIpc) is 2.38. The second-order valence-corrected chi connectivity index (χ2v) is 3.92. The Hall–Kier alpha value is -3.02. The van der Waals surface area contributed by atoms with Crippen molar-refractivity contribution in [1.82, 2.24) is 0 Å². The molecule has 0 aliphatic heterocycles. The molecule has 0 saturated heterocycles. The summed E-state index contributed by atoms with van der Waals surface area (Å²) in [6.07, 6.45) is 0. The largest absolute Gasteiger partial charge is 0.508 e. The predicted octanol–water partition coefficient (Wildman–Crippen LogP) is 2.02. The summed E-state index contributed by atoms with van der Waals surface area (Å²) >= 11 is 0. The summed E-state index contributed by atoms with van der Waals surface area (Å²) in [5.74, 6) is -2.57. The van der Waals surface area contributed by atoms with Crippen molar-refractivity contribution in [3.8, 4) is 17.2 Å². The van der Waals surface area contributed by atoms with Crippen molar-refractivity contribution in [3.05, 3.63) is 53.6 Å². The lowest BCUT2D eigenvalue weighted by Crippen LogP contribution is -2.09. The first-order valence-electron chi connectivity index (χ1n) is 5.55. The number of rotatable bonds is 3. The molecular formula is C14H10O6. The topological polar surface area (TPSA) is 104 Å². The number of aromatic carboxylic acids is 1. The van der Waals surface area contributed by atoms with E-state index in [2.05, 4.69) is 0 Å². The SMILES string of the molecule is O=C(O)c1cccc(OC(=O)c2ccc(O)cc2O)c1. The standard InChI is InChI=1S/C14H10O6/c15-9-4-5-11(12(16)7-9)14(19)20-10-3-1-2-8(6-10)13(17)18/h1-7,15-16H,(H,17,18). The van der Waals surface area contributed by atoms with Crippen LogP contribution in [0, 0.1) is 0 Å². The first-order chi connectivity index (χ1) is 9.47. The molecule has 0 bridgehead atoms. The van der Waals surface area contributed by atoms with Gasteiger partial charge in [0.1, 0.15) is 22.8 Å². The Labute approximate surface area is 113 Å². The van der Waals surface area contributed by atoms with Gasteiger partial charge in [0.25, 0.3) is 0 Å². The number of hydrogen-bond donors (Lipinski definition) is 3. The Kier molecular flexibility index (Phi) is 3.56. The Morgan fingerprint density at radius 1 is 1.00 bits per heavy atom. The molecule has 0 aliphatic carbocycles. The Balaban J connectivity index is 2.23. The van der Waals surface area contributed by atoms with Gasteiger partial charge in [0.15, 0.2) is 0 Å². The molecule has 0 aliphatic rings. The number of aromatic hydroxyl groups is 2. The monoisotopic (exact) mass is 274 g/mol. The third-order valence-electron chi connectivity index (χ3n) is 2.49. The molecule has 102 valence electrons. The number of carboxylic acid groups (broad SMARTS) is 1. The average molecular weight is 274 g/mol. The molecule has 3 N–H and O–H groups in total. The zero-order valence-corrected chi connectivity index (χ0v) is 10.1. The lowest BCUT2D eigenvalue weighted by atomic mass is 10.2. The van der Waals surface area contributed by atoms with Gasteiger partial charge in [-0.1, -0.05) is 6.07 Å². The van der Waals surface area contributed by atoms with E-state index in [9.17, 15) is 14.7 Å². The quantitative estimate of drug-likeness (QED) is 0.584. The summed E-state index contributed by atoms with van der Waals surface area (Å²) in [7, 11) is 0. The number of carbonyl (C=O) groups excluding carboxylic acids is 1. The molecule has 0 radical (unpaired) electrons. The maximum absolute atomic E-state index is 11.8. The minimum atomic E-state index is -1.14. The number of phenols is 2. The van der Waals surface area contributed by atoms with Crippen molar-refractivity contribution in [2.24, 2.45) is 0 Å². The Morgan fingerprint density at radius 3 is 2.40 bits per heavy atom. The lowest BCUT2D eigenvalue weighted by molar-refractivity contribution is 0.0686. The number of ether oxygens (including phenoxy) is 1. The minimum absolute atomic E-state index is 0.0229. The number of benzene rings is 2. The minimum Gasteiger partial charge on any atom is -0.508 e. The maximum atomic E-state index is 11.8. The van der Waals surface area contributed by atoms with Gasteiger partial charge in [-0.05, 0) is 30.3 Å². The van der Waals surface area contributed by atoms with Crippen LogP contribution < -0.4 is 4.74 Å². The van der Waals surface area contributed by atoms with Crippen molar-refractivity contribution in [1.29, 1.82) is 0 Å². The number of phenolic OH excluding ortho intramolecular Hbond substituents is 2. The Bertz CT molecular complexity index is 677. The van der Waals surface area contributed by atoms with Gasteiger partial charge in [0.2, 0.25) is 0 Å². The van der Waals surface area contributed by atoms with Crippen LogP contribution in [0.25, 0.3) is 0 Å². The summed E-state index contributed by atoms with van der Waals surface area (Å²) in [5, 5.41) is 27.5. The van der Waals surface area contributed by atoms with E-state index >= 15 is 0 Å². The molecule has 2 rings (SSSR count). The van der Waals surface area contributed by atoms with Crippen molar-refractivity contribution in [3.63, 3.8) is 0 Å². The van der Waals surface area contributed by atoms with E-state index in [4.69, 9.17) is 14.9 Å². The van der Waals surface area contributed by atoms with Gasteiger partial charge in [-0.3, -0.25) is 0 Å². The molecule has 6 heteroatoms. The van der Waals surface area contributed by atoms with Crippen molar-refractivity contribution in [2.75, 3.05) is 0 Å². The second kappa shape index (κ2) is 5.31. The molecule has 0 atom stereocenters. The summed E-state index contributed by atoms with van der Waals surface area (Å²) in [4.78, 5) is 22.6. The van der Waals surface area contributed by atoms with E-state index in [1.807, 2.05) is 0 Å². The van der Waals surface area contributed by atoms with Gasteiger partial charge in [0, 0.05) is 6.07 Å². The molecule has 0 saturated carbocycles. The van der Waals surface area contributed by atoms with Crippen LogP contribution in [0.2, 0.25) is 0 Å². The molecule has 0 fully saturated rings. The summed E-state index contributed by atoms with van der Waals surface area (Å²) in [5.41, 5.74) is -0.159. The van der Waals surface area contributed by atoms with Gasteiger partial charge >= 0.3 is 11.9 Å². The summed E-state index contributed by atoms with van der Waals surface area (Å²) in [6, 6.07) is 8.84. The van der Waals surface area contributed by atoms with Gasteiger partial charge in [0.05, 0.1) is 5.56 Å². The molecular weight excluding hydrogens is 264 g/mol. The van der Waals surface area contributed by atoms with Crippen molar-refractivity contribution < 1.29 is 29.6 Å². The number of hydrogen-bond acceptors (Lipinski definition) is 5. The zero-order chi connectivity index (χ0) is 14.7. The fourth-order valence-corrected chi connectivity index (χ4v) is 1.55. The fraction of sp³-hybridized carbons (Fsp3) is 0. The van der Waals surface area contributed by atoms with Gasteiger partial charge < -0.3 is 20.1 Å². The molecule has 20 heavy (non-hydrogen) atoms. The third-order valence-corrected chi connectivity index (χ3v) is 2.49. The molecule has 0 heterocycles. The van der Waals surface area contributed by atoms with Crippen LogP contribution in [0.4, 0.5) is 0 Å². The molecule has 0 spiro atoms. The maximum Gasteiger partial charge on any atom is 0.347 e. The van der Waals surface area contributed by atoms with E-state index < -0.39 is 17.7 Å². The van der Waals surface area contributed by atoms with Crippen molar-refractivity contribution in [2.45, 2.75) is 0 Å². The highest BCUT2D eigenvalue weighted by atomic mass is 16.5. The second-order valence-electron chi connectivity index (χ2n) is 3.92. The van der Waals surface area contributed by atoms with Crippen molar-refractivity contribution >= 4 is 11.9 Å². The van der Waals surface area contributed by atoms with E-state index in [-0.39, 0.29) is 22.6 Å². The van der Waals surface area contributed by atoms with Gasteiger partial charge in [-0.25, -0.2) is 9.59 Å². The smallest absolute Gasteiger partial charge is 0.347 e. The van der Waals surface area contributed by atoms with Crippen LogP contribution in [-0.4, -0.2) is 27.3 Å². The number of carboxylic acids is 1. The predicted molar refractivity (Wildman–Crippen MR) is 68.1 cm³/mol. The van der Waals surface area contributed by atoms with Crippen LogP contribution in [0.3, 0.4) is 0 Å². The van der Waals surface area contributed by atoms with Crippen LogP contribution in [0.1, 0.15) is 20.7 Å². The highest BCUT2D eigenvalue weighted by Gasteiger charge is 2.15. The van der Waals surface area contributed by atoms with E-state index in [0.717, 1.165) is 6.07 Å². The molecule has 0 aromatic heterocycles. The van der Waals surface area contributed by atoms with E-state index in [1.165, 1.54) is 36.4 Å². The van der Waals surface area contributed by atoms with Gasteiger partial charge in [-0.15, -0.1) is 0 Å². The molecule has 0 unspecified atom stereocenters. The zero-order valence-electron chi connectivity index (χ0n) is 10.1. The molecule has 6 nitrogen and oxygen atoms in total. The molecule has 2 aromatic carbocycles. The van der Waals surface area contributed by atoms with E-state index in [0.29, 0.717) is 0 Å². The number of carbonyl (C=O) groups is 2. The highest BCUT2D eigenvalue weighted by Crippen LogP contribution is 2.24. The molecule has 2 aromatic rings. The highest BCUT2D eigenvalue weighted by molar-refractivity contribution is 5.94. The molecule has 0 amide bonds. The van der Waals surface area contributed by atoms with Crippen LogP contribution >= 0.6 is 0 Å². The number of esters is 1. The van der Waals surface area contributed by atoms with Crippen LogP contribution in [0.15, 0.2) is 42.5 Å². The van der Waals surface area contributed by atoms with E-state index in [1.54, 1.807) is 0 Å². The summed E-state index contributed by atoms with van der Waals surface area (Å²) < 4.78 is 4.97. The summed E-state index contributed by atoms with van der Waals surface area (Å²) in [6.45, 7) is 0. The fourth-order valence-electron chi connectivity index (χ4n) is 1.55. The van der Waals surface area contributed by atoms with Crippen LogP contribution in [-0.2, 0) is 0 Å². The normalized spacial score (nSPS) is 10.0. The third kappa shape index (κ3) is 2.86. The lowest BCUT2D eigenvalue weighted by Gasteiger charge is -2.06. The first kappa shape index (κ1) is 13.4. The van der Waals surface area contributed by atoms with Gasteiger partial charge in [-0.2, -0.15) is 0 Å². The Morgan fingerprint density at radius 2 is 1.75 bits per heavy atom. The van der Waals surface area contributed by atoms with Crippen LogP contribution in [0.5, 0.6) is 17.2 Å².